The average Bonchev–Trinajstić information content (AvgIpc) is 3.16. The summed E-state index contributed by atoms with van der Waals surface area (Å²) in [6, 6.07) is 11.7. The van der Waals surface area contributed by atoms with E-state index in [1.807, 2.05) is 18.2 Å². The normalized spacial score (nSPS) is 16.4. The van der Waals surface area contributed by atoms with Crippen molar-refractivity contribution in [2.45, 2.75) is 18.9 Å². The predicted molar refractivity (Wildman–Crippen MR) is 95.1 cm³/mol. The number of rotatable bonds is 6. The first kappa shape index (κ1) is 18.0. The SMILES string of the molecule is COc1ccc([C@@H]2CCCN2C(=O)COc2ccccc2F)cc1OC. The van der Waals surface area contributed by atoms with E-state index in [-0.39, 0.29) is 24.3 Å². The summed E-state index contributed by atoms with van der Waals surface area (Å²) in [4.78, 5) is 14.4. The Morgan fingerprint density at radius 3 is 2.62 bits per heavy atom. The van der Waals surface area contributed by atoms with Crippen molar-refractivity contribution in [3.63, 3.8) is 0 Å². The van der Waals surface area contributed by atoms with Crippen LogP contribution in [0.15, 0.2) is 42.5 Å². The highest BCUT2D eigenvalue weighted by molar-refractivity contribution is 5.78. The molecule has 1 fully saturated rings. The van der Waals surface area contributed by atoms with Gasteiger partial charge in [-0.25, -0.2) is 4.39 Å². The van der Waals surface area contributed by atoms with Gasteiger partial charge in [0.25, 0.3) is 5.91 Å². The molecule has 2 aromatic carbocycles. The minimum Gasteiger partial charge on any atom is -0.493 e. The summed E-state index contributed by atoms with van der Waals surface area (Å²) in [5, 5.41) is 0. The van der Waals surface area contributed by atoms with E-state index in [0.717, 1.165) is 18.4 Å². The monoisotopic (exact) mass is 359 g/mol. The van der Waals surface area contributed by atoms with Gasteiger partial charge in [-0.15, -0.1) is 0 Å². The van der Waals surface area contributed by atoms with Gasteiger partial charge in [0, 0.05) is 6.54 Å². The number of likely N-dealkylation sites (tertiary alicyclic amines) is 1. The third-order valence-corrected chi connectivity index (χ3v) is 4.55. The Kier molecular flexibility index (Phi) is 5.61. The van der Waals surface area contributed by atoms with E-state index in [4.69, 9.17) is 14.2 Å². The highest BCUT2D eigenvalue weighted by atomic mass is 19.1. The van der Waals surface area contributed by atoms with Gasteiger partial charge < -0.3 is 19.1 Å². The molecule has 0 spiro atoms. The Morgan fingerprint density at radius 2 is 1.88 bits per heavy atom. The van der Waals surface area contributed by atoms with Gasteiger partial charge in [0.05, 0.1) is 20.3 Å². The van der Waals surface area contributed by atoms with Crippen molar-refractivity contribution in [1.29, 1.82) is 0 Å². The molecule has 5 nitrogen and oxygen atoms in total. The summed E-state index contributed by atoms with van der Waals surface area (Å²) < 4.78 is 29.6. The molecule has 0 radical (unpaired) electrons. The van der Waals surface area contributed by atoms with Gasteiger partial charge in [-0.2, -0.15) is 0 Å². The lowest BCUT2D eigenvalue weighted by atomic mass is 10.0. The van der Waals surface area contributed by atoms with Crippen LogP contribution >= 0.6 is 0 Å². The van der Waals surface area contributed by atoms with Crippen molar-refractivity contribution < 1.29 is 23.4 Å². The van der Waals surface area contributed by atoms with E-state index in [9.17, 15) is 9.18 Å². The van der Waals surface area contributed by atoms with E-state index >= 15 is 0 Å². The lowest BCUT2D eigenvalue weighted by molar-refractivity contribution is -0.134. The third-order valence-electron chi connectivity index (χ3n) is 4.55. The number of methoxy groups -OCH3 is 2. The standard InChI is InChI=1S/C20H22FNO4/c1-24-18-10-9-14(12-19(18)25-2)16-7-5-11-22(16)20(23)13-26-17-8-4-3-6-15(17)21/h3-4,6,8-10,12,16H,5,7,11,13H2,1-2H3/t16-/m0/s1. The van der Waals surface area contributed by atoms with Gasteiger partial charge in [-0.1, -0.05) is 18.2 Å². The number of nitrogens with zero attached hydrogens (tertiary/aromatic N) is 1. The molecule has 1 aliphatic rings. The van der Waals surface area contributed by atoms with E-state index in [1.165, 1.54) is 12.1 Å². The molecule has 0 N–H and O–H groups in total. The van der Waals surface area contributed by atoms with Gasteiger partial charge in [0.2, 0.25) is 0 Å². The van der Waals surface area contributed by atoms with E-state index in [1.54, 1.807) is 31.3 Å². The molecular weight excluding hydrogens is 337 g/mol. The molecule has 1 saturated heterocycles. The van der Waals surface area contributed by atoms with E-state index < -0.39 is 5.82 Å². The predicted octanol–water partition coefficient (Wildman–Crippen LogP) is 3.59. The number of halogens is 1. The topological polar surface area (TPSA) is 48.0 Å². The number of ether oxygens (including phenoxy) is 3. The number of carbonyl (C=O) groups is 1. The molecule has 3 rings (SSSR count). The number of hydrogen-bond donors (Lipinski definition) is 0. The first-order chi connectivity index (χ1) is 12.6. The van der Waals surface area contributed by atoms with Crippen LogP contribution in [0, 0.1) is 5.82 Å². The molecule has 138 valence electrons. The van der Waals surface area contributed by atoms with E-state index in [2.05, 4.69) is 0 Å². The molecule has 1 amide bonds. The van der Waals surface area contributed by atoms with Gasteiger partial charge >= 0.3 is 0 Å². The van der Waals surface area contributed by atoms with Crippen LogP contribution in [0.5, 0.6) is 17.2 Å². The van der Waals surface area contributed by atoms with Gasteiger partial charge in [0.15, 0.2) is 29.7 Å². The number of carbonyl (C=O) groups excluding carboxylic acids is 1. The highest BCUT2D eigenvalue weighted by Gasteiger charge is 2.30. The molecule has 0 aromatic heterocycles. The third kappa shape index (κ3) is 3.74. The maximum Gasteiger partial charge on any atom is 0.261 e. The molecule has 6 heteroatoms. The number of hydrogen-bond acceptors (Lipinski definition) is 4. The zero-order valence-electron chi connectivity index (χ0n) is 14.9. The van der Waals surface area contributed by atoms with Crippen molar-refractivity contribution in [2.75, 3.05) is 27.4 Å². The summed E-state index contributed by atoms with van der Waals surface area (Å²) in [6.07, 6.45) is 1.77. The van der Waals surface area contributed by atoms with Crippen molar-refractivity contribution in [3.05, 3.63) is 53.8 Å². The van der Waals surface area contributed by atoms with Crippen LogP contribution in [-0.2, 0) is 4.79 Å². The second-order valence-corrected chi connectivity index (χ2v) is 6.08. The fourth-order valence-electron chi connectivity index (χ4n) is 3.26. The van der Waals surface area contributed by atoms with Crippen LogP contribution in [0.25, 0.3) is 0 Å². The lowest BCUT2D eigenvalue weighted by Crippen LogP contribution is -2.34. The molecular formula is C20H22FNO4. The first-order valence-corrected chi connectivity index (χ1v) is 8.52. The quantitative estimate of drug-likeness (QED) is 0.791. The molecule has 1 heterocycles. The first-order valence-electron chi connectivity index (χ1n) is 8.52. The molecule has 0 bridgehead atoms. The Morgan fingerprint density at radius 1 is 1.12 bits per heavy atom. The Hall–Kier alpha value is -2.76. The smallest absolute Gasteiger partial charge is 0.261 e. The van der Waals surface area contributed by atoms with Crippen molar-refractivity contribution in [1.82, 2.24) is 4.90 Å². The minimum absolute atomic E-state index is 0.0495. The van der Waals surface area contributed by atoms with Crippen LogP contribution in [0.3, 0.4) is 0 Å². The maximum atomic E-state index is 13.6. The number of benzene rings is 2. The lowest BCUT2D eigenvalue weighted by Gasteiger charge is -2.25. The highest BCUT2D eigenvalue weighted by Crippen LogP contribution is 2.37. The summed E-state index contributed by atoms with van der Waals surface area (Å²) in [5.41, 5.74) is 0.986. The van der Waals surface area contributed by atoms with Gasteiger partial charge in [-0.3, -0.25) is 4.79 Å². The zero-order chi connectivity index (χ0) is 18.5. The van der Waals surface area contributed by atoms with Gasteiger partial charge in [0.1, 0.15) is 0 Å². The van der Waals surface area contributed by atoms with Crippen LogP contribution in [-0.4, -0.2) is 38.2 Å². The van der Waals surface area contributed by atoms with E-state index in [0.29, 0.717) is 18.0 Å². The Bertz CT molecular complexity index is 780. The van der Waals surface area contributed by atoms with Crippen LogP contribution in [0.4, 0.5) is 4.39 Å². The molecule has 26 heavy (non-hydrogen) atoms. The fourth-order valence-corrected chi connectivity index (χ4v) is 3.26. The average molecular weight is 359 g/mol. The van der Waals surface area contributed by atoms with Crippen LogP contribution in [0.1, 0.15) is 24.4 Å². The largest absolute Gasteiger partial charge is 0.493 e. The second-order valence-electron chi connectivity index (χ2n) is 6.08. The summed E-state index contributed by atoms with van der Waals surface area (Å²) in [7, 11) is 3.17. The molecule has 2 aromatic rings. The Balaban J connectivity index is 1.71. The Labute approximate surface area is 152 Å². The van der Waals surface area contributed by atoms with Crippen LogP contribution in [0.2, 0.25) is 0 Å². The molecule has 0 saturated carbocycles. The summed E-state index contributed by atoms with van der Waals surface area (Å²) in [5.74, 6) is 0.730. The summed E-state index contributed by atoms with van der Waals surface area (Å²) in [6.45, 7) is 0.462. The number of amides is 1. The fraction of sp³-hybridized carbons (Fsp3) is 0.350. The summed E-state index contributed by atoms with van der Waals surface area (Å²) >= 11 is 0. The van der Waals surface area contributed by atoms with Gasteiger partial charge in [-0.05, 0) is 42.7 Å². The second kappa shape index (κ2) is 8.08. The molecule has 1 atom stereocenters. The number of para-hydroxylation sites is 1. The molecule has 0 aliphatic carbocycles. The van der Waals surface area contributed by atoms with Crippen molar-refractivity contribution >= 4 is 5.91 Å². The maximum absolute atomic E-state index is 13.6. The minimum atomic E-state index is -0.474. The zero-order valence-corrected chi connectivity index (χ0v) is 14.9. The van der Waals surface area contributed by atoms with Crippen LogP contribution < -0.4 is 14.2 Å². The molecule has 0 unspecified atom stereocenters. The molecule has 1 aliphatic heterocycles. The van der Waals surface area contributed by atoms with Crippen molar-refractivity contribution in [3.8, 4) is 17.2 Å². The van der Waals surface area contributed by atoms with Crippen molar-refractivity contribution in [2.24, 2.45) is 0 Å².